The Hall–Kier alpha value is -2.65. The molecule has 1 fully saturated rings. The number of primary amides is 1. The minimum atomic E-state index is -3.45. The van der Waals surface area contributed by atoms with Gasteiger partial charge in [0.15, 0.2) is 9.84 Å². The molecule has 1 aromatic heterocycles. The van der Waals surface area contributed by atoms with Crippen LogP contribution in [0.3, 0.4) is 0 Å². The number of nitrogens with zero attached hydrogens (tertiary/aromatic N) is 3. The molecule has 162 valence electrons. The SMILES string of the molecule is CC(C)C1CN(c2ccc(CO)c(S(C)(=O)=O)c2)CCN1c1ccnc(C(N)=O)c1. The van der Waals surface area contributed by atoms with Crippen LogP contribution in [0, 0.1) is 5.92 Å². The summed E-state index contributed by atoms with van der Waals surface area (Å²) in [5, 5.41) is 9.50. The van der Waals surface area contributed by atoms with Crippen LogP contribution in [0.25, 0.3) is 0 Å². The lowest BCUT2D eigenvalue weighted by molar-refractivity contribution is 0.0995. The number of carbonyl (C=O) groups is 1. The van der Waals surface area contributed by atoms with Crippen molar-refractivity contribution in [1.29, 1.82) is 0 Å². The lowest BCUT2D eigenvalue weighted by Crippen LogP contribution is -2.55. The van der Waals surface area contributed by atoms with Crippen molar-refractivity contribution in [3.8, 4) is 0 Å². The molecule has 1 unspecified atom stereocenters. The van der Waals surface area contributed by atoms with Crippen molar-refractivity contribution in [3.05, 3.63) is 47.8 Å². The zero-order chi connectivity index (χ0) is 22.1. The van der Waals surface area contributed by atoms with E-state index in [0.717, 1.165) is 17.6 Å². The molecule has 1 atom stereocenters. The lowest BCUT2D eigenvalue weighted by Gasteiger charge is -2.45. The number of aliphatic hydroxyl groups is 1. The van der Waals surface area contributed by atoms with Crippen LogP contribution in [-0.4, -0.2) is 56.3 Å². The van der Waals surface area contributed by atoms with Crippen molar-refractivity contribution in [2.75, 3.05) is 35.7 Å². The number of nitrogens with two attached hydrogens (primary N) is 1. The number of benzene rings is 1. The van der Waals surface area contributed by atoms with Gasteiger partial charge in [-0.2, -0.15) is 0 Å². The van der Waals surface area contributed by atoms with Gasteiger partial charge in [0.2, 0.25) is 0 Å². The predicted molar refractivity (Wildman–Crippen MR) is 116 cm³/mol. The third kappa shape index (κ3) is 4.57. The molecule has 0 saturated carbocycles. The summed E-state index contributed by atoms with van der Waals surface area (Å²) < 4.78 is 24.3. The Morgan fingerprint density at radius 2 is 1.97 bits per heavy atom. The molecule has 1 aliphatic heterocycles. The molecule has 0 bridgehead atoms. The highest BCUT2D eigenvalue weighted by atomic mass is 32.2. The monoisotopic (exact) mass is 432 g/mol. The van der Waals surface area contributed by atoms with Crippen LogP contribution >= 0.6 is 0 Å². The van der Waals surface area contributed by atoms with E-state index in [0.29, 0.717) is 31.1 Å². The maximum atomic E-state index is 12.2. The van der Waals surface area contributed by atoms with Crippen molar-refractivity contribution in [2.45, 2.75) is 31.4 Å². The summed E-state index contributed by atoms with van der Waals surface area (Å²) in [6.45, 7) is 6.01. The molecule has 1 amide bonds. The van der Waals surface area contributed by atoms with E-state index in [-0.39, 0.29) is 23.2 Å². The van der Waals surface area contributed by atoms with E-state index in [1.807, 2.05) is 12.1 Å². The van der Waals surface area contributed by atoms with E-state index in [2.05, 4.69) is 28.6 Å². The summed E-state index contributed by atoms with van der Waals surface area (Å²) in [4.78, 5) is 20.1. The Morgan fingerprint density at radius 1 is 1.23 bits per heavy atom. The number of hydrogen-bond donors (Lipinski definition) is 2. The first-order valence-corrected chi connectivity index (χ1v) is 11.7. The van der Waals surface area contributed by atoms with Crippen LogP contribution in [0.2, 0.25) is 0 Å². The second-order valence-corrected chi connectivity index (χ2v) is 9.92. The molecule has 2 aromatic rings. The van der Waals surface area contributed by atoms with E-state index in [4.69, 9.17) is 5.73 Å². The highest BCUT2D eigenvalue weighted by Crippen LogP contribution is 2.30. The summed E-state index contributed by atoms with van der Waals surface area (Å²) >= 11 is 0. The first-order chi connectivity index (χ1) is 14.1. The Labute approximate surface area is 177 Å². The zero-order valence-corrected chi connectivity index (χ0v) is 18.3. The van der Waals surface area contributed by atoms with Crippen LogP contribution in [0.1, 0.15) is 29.9 Å². The summed E-state index contributed by atoms with van der Waals surface area (Å²) in [6.07, 6.45) is 2.74. The van der Waals surface area contributed by atoms with Crippen LogP contribution in [0.15, 0.2) is 41.4 Å². The quantitative estimate of drug-likeness (QED) is 0.709. The predicted octanol–water partition coefficient (Wildman–Crippen LogP) is 1.43. The van der Waals surface area contributed by atoms with Crippen LogP contribution in [0.4, 0.5) is 11.4 Å². The Bertz CT molecular complexity index is 1040. The highest BCUT2D eigenvalue weighted by Gasteiger charge is 2.30. The number of sulfone groups is 1. The maximum Gasteiger partial charge on any atom is 0.267 e. The number of piperazine rings is 1. The minimum absolute atomic E-state index is 0.140. The second-order valence-electron chi connectivity index (χ2n) is 7.94. The molecule has 30 heavy (non-hydrogen) atoms. The number of rotatable bonds is 6. The maximum absolute atomic E-state index is 12.2. The Balaban J connectivity index is 1.91. The van der Waals surface area contributed by atoms with Crippen molar-refractivity contribution >= 4 is 27.1 Å². The fourth-order valence-electron chi connectivity index (χ4n) is 3.88. The number of carbonyl (C=O) groups excluding carboxylic acids is 1. The van der Waals surface area contributed by atoms with Gasteiger partial charge in [-0.15, -0.1) is 0 Å². The molecule has 1 aromatic carbocycles. The summed E-state index contributed by atoms with van der Waals surface area (Å²) in [6, 6.07) is 8.89. The molecular weight excluding hydrogens is 404 g/mol. The number of aliphatic hydroxyl groups excluding tert-OH is 1. The van der Waals surface area contributed by atoms with Crippen LogP contribution < -0.4 is 15.5 Å². The average molecular weight is 433 g/mol. The van der Waals surface area contributed by atoms with Crippen molar-refractivity contribution in [3.63, 3.8) is 0 Å². The van der Waals surface area contributed by atoms with Gasteiger partial charge in [-0.1, -0.05) is 19.9 Å². The summed E-state index contributed by atoms with van der Waals surface area (Å²) in [7, 11) is -3.45. The number of aromatic nitrogens is 1. The lowest BCUT2D eigenvalue weighted by atomic mass is 9.98. The Kier molecular flexibility index (Phi) is 6.33. The Morgan fingerprint density at radius 3 is 2.57 bits per heavy atom. The standard InChI is InChI=1S/C21H28N4O4S/c1-14(2)19-12-24(16-5-4-15(13-26)20(11-16)30(3,28)29)8-9-25(19)17-6-7-23-18(10-17)21(22)27/h4-7,10-11,14,19,26H,8-9,12-13H2,1-3H3,(H2,22,27). The molecular formula is C21H28N4O4S. The van der Waals surface area contributed by atoms with Gasteiger partial charge in [0.25, 0.3) is 5.91 Å². The molecule has 2 heterocycles. The number of pyridine rings is 1. The summed E-state index contributed by atoms with van der Waals surface area (Å²) in [5.74, 6) is -0.252. The molecule has 9 heteroatoms. The van der Waals surface area contributed by atoms with Crippen molar-refractivity contribution in [2.24, 2.45) is 11.7 Å². The number of amides is 1. The van der Waals surface area contributed by atoms with E-state index < -0.39 is 15.7 Å². The zero-order valence-electron chi connectivity index (χ0n) is 17.4. The van der Waals surface area contributed by atoms with Crippen LogP contribution in [0.5, 0.6) is 0 Å². The van der Waals surface area contributed by atoms with Gasteiger partial charge in [-0.05, 0) is 35.7 Å². The largest absolute Gasteiger partial charge is 0.392 e. The first-order valence-electron chi connectivity index (χ1n) is 9.83. The van der Waals surface area contributed by atoms with Gasteiger partial charge < -0.3 is 20.6 Å². The minimum Gasteiger partial charge on any atom is -0.392 e. The van der Waals surface area contributed by atoms with Gasteiger partial charge in [0.1, 0.15) is 5.69 Å². The van der Waals surface area contributed by atoms with Crippen molar-refractivity contribution in [1.82, 2.24) is 4.98 Å². The molecule has 3 N–H and O–H groups in total. The number of anilines is 2. The molecule has 1 aliphatic rings. The summed E-state index contributed by atoms with van der Waals surface area (Å²) in [5.41, 5.74) is 7.72. The molecule has 0 spiro atoms. The van der Waals surface area contributed by atoms with Crippen molar-refractivity contribution < 1.29 is 18.3 Å². The second kappa shape index (κ2) is 8.61. The van der Waals surface area contributed by atoms with E-state index in [1.54, 1.807) is 24.4 Å². The fraction of sp³-hybridized carbons (Fsp3) is 0.429. The molecule has 0 radical (unpaired) electrons. The molecule has 1 saturated heterocycles. The van der Waals surface area contributed by atoms with Gasteiger partial charge in [-0.3, -0.25) is 9.78 Å². The topological polar surface area (TPSA) is 117 Å². The van der Waals surface area contributed by atoms with Gasteiger partial charge in [0.05, 0.1) is 11.5 Å². The molecule has 8 nitrogen and oxygen atoms in total. The fourth-order valence-corrected chi connectivity index (χ4v) is 4.83. The van der Waals surface area contributed by atoms with Crippen LogP contribution in [-0.2, 0) is 16.4 Å². The first kappa shape index (κ1) is 22.0. The third-order valence-corrected chi connectivity index (χ3v) is 6.68. The molecule has 3 rings (SSSR count). The van der Waals surface area contributed by atoms with Gasteiger partial charge in [0, 0.05) is 49.5 Å². The number of hydrogen-bond acceptors (Lipinski definition) is 7. The van der Waals surface area contributed by atoms with E-state index >= 15 is 0 Å². The average Bonchev–Trinajstić information content (AvgIpc) is 2.72. The van der Waals surface area contributed by atoms with Gasteiger partial charge >= 0.3 is 0 Å². The third-order valence-electron chi connectivity index (χ3n) is 5.50. The molecule has 0 aliphatic carbocycles. The normalized spacial score (nSPS) is 17.4. The highest BCUT2D eigenvalue weighted by molar-refractivity contribution is 7.90. The smallest absolute Gasteiger partial charge is 0.267 e. The van der Waals surface area contributed by atoms with E-state index in [9.17, 15) is 18.3 Å². The van der Waals surface area contributed by atoms with Gasteiger partial charge in [-0.25, -0.2) is 8.42 Å². The van der Waals surface area contributed by atoms with E-state index in [1.165, 1.54) is 0 Å².